The molecule has 0 aliphatic carbocycles. The zero-order chi connectivity index (χ0) is 21.3. The van der Waals surface area contributed by atoms with Crippen molar-refractivity contribution in [2.75, 3.05) is 27.2 Å². The van der Waals surface area contributed by atoms with Crippen LogP contribution >= 0.6 is 0 Å². The van der Waals surface area contributed by atoms with E-state index in [2.05, 4.69) is 65.0 Å². The molecule has 3 aromatic carbocycles. The molecule has 5 heteroatoms. The second kappa shape index (κ2) is 10.4. The summed E-state index contributed by atoms with van der Waals surface area (Å²) in [6, 6.07) is 22.6. The van der Waals surface area contributed by atoms with Crippen LogP contribution in [-0.4, -0.2) is 44.0 Å². The molecule has 5 nitrogen and oxygen atoms in total. The van der Waals surface area contributed by atoms with Crippen LogP contribution in [-0.2, 0) is 13.0 Å². The van der Waals surface area contributed by atoms with Crippen molar-refractivity contribution in [3.63, 3.8) is 0 Å². The van der Waals surface area contributed by atoms with E-state index in [9.17, 15) is 4.79 Å². The van der Waals surface area contributed by atoms with E-state index in [-0.39, 0.29) is 5.91 Å². The molecular weight excluding hydrogens is 372 g/mol. The molecule has 156 valence electrons. The SMILES string of the molecule is CCNC(=NCc1ccc(C(=O)N(C)C)cc1)NCCc1cccc2ccccc12. The Kier molecular flexibility index (Phi) is 7.44. The number of fused-ring (bicyclic) bond motifs is 1. The molecule has 0 atom stereocenters. The fraction of sp³-hybridized carbons (Fsp3) is 0.280. The maximum absolute atomic E-state index is 12.0. The molecule has 0 aliphatic heterocycles. The van der Waals surface area contributed by atoms with E-state index >= 15 is 0 Å². The van der Waals surface area contributed by atoms with Gasteiger partial charge in [-0.2, -0.15) is 0 Å². The molecule has 0 aliphatic rings. The largest absolute Gasteiger partial charge is 0.357 e. The first-order chi connectivity index (χ1) is 14.6. The number of rotatable bonds is 7. The third kappa shape index (κ3) is 5.60. The lowest BCUT2D eigenvalue weighted by molar-refractivity contribution is 0.0827. The molecule has 0 heterocycles. The molecule has 0 unspecified atom stereocenters. The van der Waals surface area contributed by atoms with Gasteiger partial charge in [0.25, 0.3) is 5.91 Å². The van der Waals surface area contributed by atoms with E-state index in [1.807, 2.05) is 24.3 Å². The minimum Gasteiger partial charge on any atom is -0.357 e. The zero-order valence-electron chi connectivity index (χ0n) is 18.0. The Balaban J connectivity index is 1.60. The van der Waals surface area contributed by atoms with Gasteiger partial charge in [0, 0.05) is 32.7 Å². The highest BCUT2D eigenvalue weighted by molar-refractivity contribution is 5.93. The minimum atomic E-state index is 0.00786. The van der Waals surface area contributed by atoms with Crippen LogP contribution in [0.5, 0.6) is 0 Å². The van der Waals surface area contributed by atoms with Crippen LogP contribution in [0.4, 0.5) is 0 Å². The van der Waals surface area contributed by atoms with Crippen molar-refractivity contribution in [2.45, 2.75) is 19.9 Å². The Labute approximate surface area is 178 Å². The van der Waals surface area contributed by atoms with Crippen molar-refractivity contribution in [3.05, 3.63) is 83.4 Å². The van der Waals surface area contributed by atoms with Crippen LogP contribution < -0.4 is 10.6 Å². The maximum atomic E-state index is 12.0. The molecule has 0 spiro atoms. The van der Waals surface area contributed by atoms with Gasteiger partial charge in [0.15, 0.2) is 5.96 Å². The molecule has 2 N–H and O–H groups in total. The van der Waals surface area contributed by atoms with Crippen molar-refractivity contribution in [2.24, 2.45) is 4.99 Å². The van der Waals surface area contributed by atoms with E-state index in [0.29, 0.717) is 12.1 Å². The first kappa shape index (κ1) is 21.4. The third-order valence-electron chi connectivity index (χ3n) is 4.94. The van der Waals surface area contributed by atoms with Crippen molar-refractivity contribution in [3.8, 4) is 0 Å². The number of carbonyl (C=O) groups is 1. The smallest absolute Gasteiger partial charge is 0.253 e. The molecular formula is C25H30N4O. The van der Waals surface area contributed by atoms with Crippen LogP contribution in [0.3, 0.4) is 0 Å². The number of amides is 1. The predicted octanol–water partition coefficient (Wildman–Crippen LogP) is 3.84. The summed E-state index contributed by atoms with van der Waals surface area (Å²) in [7, 11) is 3.51. The lowest BCUT2D eigenvalue weighted by Crippen LogP contribution is -2.38. The van der Waals surface area contributed by atoms with Gasteiger partial charge in [-0.15, -0.1) is 0 Å². The number of hydrogen-bond acceptors (Lipinski definition) is 2. The second-order valence-corrected chi connectivity index (χ2v) is 7.41. The number of hydrogen-bond donors (Lipinski definition) is 2. The highest BCUT2D eigenvalue weighted by atomic mass is 16.2. The monoisotopic (exact) mass is 402 g/mol. The topological polar surface area (TPSA) is 56.7 Å². The van der Waals surface area contributed by atoms with Gasteiger partial charge < -0.3 is 15.5 Å². The van der Waals surface area contributed by atoms with Crippen molar-refractivity contribution in [1.29, 1.82) is 0 Å². The Morgan fingerprint density at radius 2 is 1.67 bits per heavy atom. The van der Waals surface area contributed by atoms with Crippen LogP contribution in [0.15, 0.2) is 71.7 Å². The number of nitrogens with zero attached hydrogens (tertiary/aromatic N) is 2. The molecule has 3 rings (SSSR count). The molecule has 0 fully saturated rings. The lowest BCUT2D eigenvalue weighted by Gasteiger charge is -2.13. The number of benzene rings is 3. The van der Waals surface area contributed by atoms with Crippen LogP contribution in [0.1, 0.15) is 28.4 Å². The van der Waals surface area contributed by atoms with Crippen molar-refractivity contribution in [1.82, 2.24) is 15.5 Å². The highest BCUT2D eigenvalue weighted by Gasteiger charge is 2.07. The Hall–Kier alpha value is -3.34. The van der Waals surface area contributed by atoms with Crippen LogP contribution in [0.2, 0.25) is 0 Å². The molecule has 30 heavy (non-hydrogen) atoms. The summed E-state index contributed by atoms with van der Waals surface area (Å²) in [6.45, 7) is 4.22. The average Bonchev–Trinajstić information content (AvgIpc) is 2.77. The fourth-order valence-electron chi connectivity index (χ4n) is 3.35. The molecule has 3 aromatic rings. The van der Waals surface area contributed by atoms with Crippen LogP contribution in [0, 0.1) is 0 Å². The molecule has 0 saturated heterocycles. The summed E-state index contributed by atoms with van der Waals surface area (Å²) in [6.07, 6.45) is 0.924. The number of nitrogens with one attached hydrogen (secondary N) is 2. The summed E-state index contributed by atoms with van der Waals surface area (Å²) < 4.78 is 0. The third-order valence-corrected chi connectivity index (χ3v) is 4.94. The van der Waals surface area contributed by atoms with Gasteiger partial charge in [0.2, 0.25) is 0 Å². The van der Waals surface area contributed by atoms with E-state index in [1.54, 1.807) is 19.0 Å². The first-order valence-electron chi connectivity index (χ1n) is 10.4. The van der Waals surface area contributed by atoms with Gasteiger partial charge in [-0.1, -0.05) is 54.6 Å². The standard InChI is InChI=1S/C25H30N4O/c1-4-26-25(28-18-19-12-14-22(15-13-19)24(30)29(2)3)27-17-16-21-10-7-9-20-8-5-6-11-23(20)21/h5-15H,4,16-18H2,1-3H3,(H2,26,27,28). The average molecular weight is 403 g/mol. The lowest BCUT2D eigenvalue weighted by atomic mass is 10.0. The van der Waals surface area contributed by atoms with Gasteiger partial charge in [0.05, 0.1) is 6.54 Å². The highest BCUT2D eigenvalue weighted by Crippen LogP contribution is 2.18. The predicted molar refractivity (Wildman–Crippen MR) is 125 cm³/mol. The van der Waals surface area contributed by atoms with E-state index in [4.69, 9.17) is 0 Å². The van der Waals surface area contributed by atoms with E-state index in [1.165, 1.54) is 16.3 Å². The van der Waals surface area contributed by atoms with Gasteiger partial charge >= 0.3 is 0 Å². The van der Waals surface area contributed by atoms with Crippen molar-refractivity contribution >= 4 is 22.6 Å². The van der Waals surface area contributed by atoms with Gasteiger partial charge in [-0.3, -0.25) is 4.79 Å². The minimum absolute atomic E-state index is 0.00786. The molecule has 1 amide bonds. The summed E-state index contributed by atoms with van der Waals surface area (Å²) in [5.74, 6) is 0.805. The molecule has 0 bridgehead atoms. The summed E-state index contributed by atoms with van der Waals surface area (Å²) in [5.41, 5.74) is 3.09. The quantitative estimate of drug-likeness (QED) is 0.466. The van der Waals surface area contributed by atoms with E-state index < -0.39 is 0 Å². The molecule has 0 radical (unpaired) electrons. The zero-order valence-corrected chi connectivity index (χ0v) is 18.0. The summed E-state index contributed by atoms with van der Waals surface area (Å²) >= 11 is 0. The van der Waals surface area contributed by atoms with E-state index in [0.717, 1.165) is 31.0 Å². The number of carbonyl (C=O) groups excluding carboxylic acids is 1. The maximum Gasteiger partial charge on any atom is 0.253 e. The molecule has 0 aromatic heterocycles. The van der Waals surface area contributed by atoms with Gasteiger partial charge in [-0.05, 0) is 47.4 Å². The Morgan fingerprint density at radius 3 is 2.40 bits per heavy atom. The Bertz CT molecular complexity index is 1000. The van der Waals surface area contributed by atoms with Gasteiger partial charge in [-0.25, -0.2) is 4.99 Å². The fourth-order valence-corrected chi connectivity index (χ4v) is 3.35. The van der Waals surface area contributed by atoms with Crippen LogP contribution in [0.25, 0.3) is 10.8 Å². The number of aliphatic imine (C=N–C) groups is 1. The molecule has 0 saturated carbocycles. The second-order valence-electron chi connectivity index (χ2n) is 7.41. The normalized spacial score (nSPS) is 11.4. The number of guanidine groups is 1. The van der Waals surface area contributed by atoms with Crippen molar-refractivity contribution < 1.29 is 4.79 Å². The Morgan fingerprint density at radius 1 is 0.933 bits per heavy atom. The summed E-state index contributed by atoms with van der Waals surface area (Å²) in [4.78, 5) is 18.3. The van der Waals surface area contributed by atoms with Gasteiger partial charge in [0.1, 0.15) is 0 Å². The summed E-state index contributed by atoms with van der Waals surface area (Å²) in [5, 5.41) is 9.30. The first-order valence-corrected chi connectivity index (χ1v) is 10.4.